The van der Waals surface area contributed by atoms with Crippen LogP contribution in [0.1, 0.15) is 18.9 Å². The summed E-state index contributed by atoms with van der Waals surface area (Å²) in [6.45, 7) is 2.07. The standard InChI is InChI=1S/C11H15N3OS/c1-2-7-16-11(12)14-13-8-9-5-3-4-6-10(9)15/h3-6,8,15H,2,7H2,1H3,(H2,12,14)/b13-8+. The monoisotopic (exact) mass is 237 g/mol. The highest BCUT2D eigenvalue weighted by molar-refractivity contribution is 8.13. The summed E-state index contributed by atoms with van der Waals surface area (Å²) in [7, 11) is 0. The van der Waals surface area contributed by atoms with E-state index in [4.69, 9.17) is 5.73 Å². The maximum atomic E-state index is 9.44. The largest absolute Gasteiger partial charge is 0.507 e. The minimum atomic E-state index is 0.182. The molecule has 4 nitrogen and oxygen atoms in total. The number of phenolic OH excluding ortho intramolecular Hbond substituents is 1. The smallest absolute Gasteiger partial charge is 0.180 e. The van der Waals surface area contributed by atoms with Gasteiger partial charge in [0, 0.05) is 11.3 Å². The Hall–Kier alpha value is -1.49. The molecule has 0 heterocycles. The maximum Gasteiger partial charge on any atom is 0.180 e. The number of thioether (sulfide) groups is 1. The van der Waals surface area contributed by atoms with Crippen LogP contribution in [0.2, 0.25) is 0 Å². The van der Waals surface area contributed by atoms with Crippen LogP contribution in [0.25, 0.3) is 0 Å². The quantitative estimate of drug-likeness (QED) is 0.479. The molecule has 0 atom stereocenters. The molecule has 0 saturated carbocycles. The van der Waals surface area contributed by atoms with Crippen LogP contribution in [0.3, 0.4) is 0 Å². The van der Waals surface area contributed by atoms with Gasteiger partial charge in [-0.25, -0.2) is 0 Å². The van der Waals surface area contributed by atoms with E-state index in [1.165, 1.54) is 18.0 Å². The topological polar surface area (TPSA) is 71.0 Å². The first-order chi connectivity index (χ1) is 7.74. The van der Waals surface area contributed by atoms with E-state index < -0.39 is 0 Å². The van der Waals surface area contributed by atoms with Crippen molar-refractivity contribution in [3.05, 3.63) is 29.8 Å². The van der Waals surface area contributed by atoms with Crippen molar-refractivity contribution in [2.45, 2.75) is 13.3 Å². The second-order valence-electron chi connectivity index (χ2n) is 3.09. The first kappa shape index (κ1) is 12.6. The van der Waals surface area contributed by atoms with Crippen molar-refractivity contribution in [1.29, 1.82) is 0 Å². The first-order valence-electron chi connectivity index (χ1n) is 5.01. The van der Waals surface area contributed by atoms with Gasteiger partial charge in [-0.1, -0.05) is 30.8 Å². The molecule has 0 unspecified atom stereocenters. The number of benzene rings is 1. The average Bonchev–Trinajstić information content (AvgIpc) is 2.29. The number of phenols is 1. The van der Waals surface area contributed by atoms with E-state index in [1.54, 1.807) is 18.2 Å². The van der Waals surface area contributed by atoms with Crippen LogP contribution in [-0.4, -0.2) is 22.2 Å². The Bertz CT molecular complexity index is 391. The van der Waals surface area contributed by atoms with Crippen molar-refractivity contribution >= 4 is 23.1 Å². The zero-order valence-electron chi connectivity index (χ0n) is 9.13. The minimum Gasteiger partial charge on any atom is -0.507 e. The third-order valence-electron chi connectivity index (χ3n) is 1.74. The molecule has 1 aromatic carbocycles. The number of nitrogens with two attached hydrogens (primary N) is 1. The Morgan fingerprint density at radius 1 is 1.50 bits per heavy atom. The number of rotatable bonds is 4. The van der Waals surface area contributed by atoms with Gasteiger partial charge in [-0.05, 0) is 18.6 Å². The summed E-state index contributed by atoms with van der Waals surface area (Å²) in [5, 5.41) is 17.5. The number of para-hydroxylation sites is 1. The number of hydrogen-bond acceptors (Lipinski definition) is 4. The van der Waals surface area contributed by atoms with Gasteiger partial charge in [0.15, 0.2) is 5.17 Å². The fraction of sp³-hybridized carbons (Fsp3) is 0.273. The molecule has 1 aromatic rings. The molecular weight excluding hydrogens is 222 g/mol. The molecule has 5 heteroatoms. The average molecular weight is 237 g/mol. The number of nitrogens with zero attached hydrogens (tertiary/aromatic N) is 2. The van der Waals surface area contributed by atoms with Crippen LogP contribution in [0.4, 0.5) is 0 Å². The SMILES string of the molecule is CCCS/C(N)=N/N=C/c1ccccc1O. The van der Waals surface area contributed by atoms with Crippen LogP contribution in [0, 0.1) is 0 Å². The molecule has 0 spiro atoms. The molecule has 0 saturated heterocycles. The second kappa shape index (κ2) is 6.90. The van der Waals surface area contributed by atoms with Gasteiger partial charge in [0.1, 0.15) is 5.75 Å². The summed E-state index contributed by atoms with van der Waals surface area (Å²) in [4.78, 5) is 0. The van der Waals surface area contributed by atoms with E-state index in [2.05, 4.69) is 17.1 Å². The normalized spacial score (nSPS) is 12.2. The summed E-state index contributed by atoms with van der Waals surface area (Å²) in [5.41, 5.74) is 6.22. The summed E-state index contributed by atoms with van der Waals surface area (Å²) < 4.78 is 0. The van der Waals surface area contributed by atoms with Crippen molar-refractivity contribution in [3.63, 3.8) is 0 Å². The second-order valence-corrected chi connectivity index (χ2v) is 4.21. The molecule has 0 bridgehead atoms. The van der Waals surface area contributed by atoms with E-state index in [9.17, 15) is 5.11 Å². The van der Waals surface area contributed by atoms with Crippen LogP contribution < -0.4 is 5.73 Å². The van der Waals surface area contributed by atoms with Gasteiger partial charge in [-0.15, -0.1) is 5.10 Å². The fourth-order valence-electron chi connectivity index (χ4n) is 0.980. The zero-order valence-corrected chi connectivity index (χ0v) is 9.94. The van der Waals surface area contributed by atoms with Crippen LogP contribution >= 0.6 is 11.8 Å². The number of hydrogen-bond donors (Lipinski definition) is 2. The molecule has 0 amide bonds. The van der Waals surface area contributed by atoms with Gasteiger partial charge in [-0.3, -0.25) is 0 Å². The predicted molar refractivity (Wildman–Crippen MR) is 70.1 cm³/mol. The van der Waals surface area contributed by atoms with E-state index in [1.807, 2.05) is 6.07 Å². The molecule has 1 rings (SSSR count). The Kier molecular flexibility index (Phi) is 5.42. The Morgan fingerprint density at radius 2 is 2.25 bits per heavy atom. The summed E-state index contributed by atoms with van der Waals surface area (Å²) in [5.74, 6) is 1.11. The maximum absolute atomic E-state index is 9.44. The number of aromatic hydroxyl groups is 1. The van der Waals surface area contributed by atoms with Crippen LogP contribution in [0.15, 0.2) is 34.5 Å². The first-order valence-corrected chi connectivity index (χ1v) is 6.00. The van der Waals surface area contributed by atoms with E-state index in [0.717, 1.165) is 12.2 Å². The van der Waals surface area contributed by atoms with Crippen molar-refractivity contribution in [1.82, 2.24) is 0 Å². The minimum absolute atomic E-state index is 0.182. The van der Waals surface area contributed by atoms with Gasteiger partial charge in [0.25, 0.3) is 0 Å². The van der Waals surface area contributed by atoms with Crippen LogP contribution in [0.5, 0.6) is 5.75 Å². The van der Waals surface area contributed by atoms with Gasteiger partial charge in [0.2, 0.25) is 0 Å². The Labute approximate surface area is 99.3 Å². The Morgan fingerprint density at radius 3 is 2.94 bits per heavy atom. The molecule has 16 heavy (non-hydrogen) atoms. The zero-order chi connectivity index (χ0) is 11.8. The lowest BCUT2D eigenvalue weighted by molar-refractivity contribution is 0.474. The molecule has 0 aromatic heterocycles. The highest BCUT2D eigenvalue weighted by Crippen LogP contribution is 2.12. The molecule has 0 fully saturated rings. The lowest BCUT2D eigenvalue weighted by atomic mass is 10.2. The van der Waals surface area contributed by atoms with Gasteiger partial charge >= 0.3 is 0 Å². The summed E-state index contributed by atoms with van der Waals surface area (Å²) in [6, 6.07) is 6.92. The van der Waals surface area contributed by atoms with E-state index >= 15 is 0 Å². The molecule has 0 aliphatic rings. The lowest BCUT2D eigenvalue weighted by Gasteiger charge is -1.96. The van der Waals surface area contributed by atoms with E-state index in [-0.39, 0.29) is 5.75 Å². The predicted octanol–water partition coefficient (Wildman–Crippen LogP) is 2.18. The van der Waals surface area contributed by atoms with Gasteiger partial charge < -0.3 is 10.8 Å². The summed E-state index contributed by atoms with van der Waals surface area (Å²) >= 11 is 1.47. The van der Waals surface area contributed by atoms with Gasteiger partial charge in [-0.2, -0.15) is 5.10 Å². The van der Waals surface area contributed by atoms with Crippen molar-refractivity contribution in [2.75, 3.05) is 5.75 Å². The molecule has 86 valence electrons. The van der Waals surface area contributed by atoms with Crippen LogP contribution in [-0.2, 0) is 0 Å². The summed E-state index contributed by atoms with van der Waals surface area (Å²) in [6.07, 6.45) is 2.53. The van der Waals surface area contributed by atoms with E-state index in [0.29, 0.717) is 10.7 Å². The third-order valence-corrected chi connectivity index (χ3v) is 2.73. The highest BCUT2D eigenvalue weighted by atomic mass is 32.2. The molecular formula is C11H15N3OS. The molecule has 0 aliphatic carbocycles. The van der Waals surface area contributed by atoms with Crippen molar-refractivity contribution < 1.29 is 5.11 Å². The Balaban J connectivity index is 2.57. The molecule has 0 aliphatic heterocycles. The third kappa shape index (κ3) is 4.35. The van der Waals surface area contributed by atoms with Crippen molar-refractivity contribution in [2.24, 2.45) is 15.9 Å². The number of amidine groups is 1. The van der Waals surface area contributed by atoms with Crippen molar-refractivity contribution in [3.8, 4) is 5.75 Å². The molecule has 0 radical (unpaired) electrons. The van der Waals surface area contributed by atoms with Gasteiger partial charge in [0.05, 0.1) is 6.21 Å². The fourth-order valence-corrected chi connectivity index (χ4v) is 1.50. The lowest BCUT2D eigenvalue weighted by Crippen LogP contribution is -2.06. The highest BCUT2D eigenvalue weighted by Gasteiger charge is 1.94. The molecule has 3 N–H and O–H groups in total.